The average Bonchev–Trinajstić information content (AvgIpc) is 3.48. The summed E-state index contributed by atoms with van der Waals surface area (Å²) < 4.78 is 10.8. The molecule has 1 atom stereocenters. The largest absolute Gasteiger partial charge is 0.454 e. The number of nitrogens with zero attached hydrogens (tertiary/aromatic N) is 1. The molecule has 1 fully saturated rings. The Kier molecular flexibility index (Phi) is 7.66. The Morgan fingerprint density at radius 2 is 1.79 bits per heavy atom. The SMILES string of the molecule is C[C@@H](C(=O)NC1CCCC1)N(Cc1c(Cl)cccc1Cl)C(=O)CCc1ccc2c(c1)OCO2. The van der Waals surface area contributed by atoms with Crippen molar-refractivity contribution in [3.8, 4) is 11.5 Å². The highest BCUT2D eigenvalue weighted by molar-refractivity contribution is 6.36. The molecule has 1 heterocycles. The molecule has 176 valence electrons. The maximum absolute atomic E-state index is 13.4. The Labute approximate surface area is 204 Å². The average molecular weight is 491 g/mol. The first-order valence-corrected chi connectivity index (χ1v) is 12.1. The van der Waals surface area contributed by atoms with Crippen molar-refractivity contribution in [3.63, 3.8) is 0 Å². The molecular weight excluding hydrogens is 463 g/mol. The standard InChI is InChI=1S/C25H28Cl2N2O4/c1-16(25(31)28-18-5-2-3-6-18)29(14-19-20(26)7-4-8-21(19)27)24(30)12-10-17-9-11-22-23(13-17)33-15-32-22/h4,7-9,11,13,16,18H,2-3,5-6,10,12,14-15H2,1H3,(H,28,31)/t16-/m0/s1. The summed E-state index contributed by atoms with van der Waals surface area (Å²) in [5, 5.41) is 4.05. The summed E-state index contributed by atoms with van der Waals surface area (Å²) in [6.07, 6.45) is 4.95. The molecule has 0 saturated heterocycles. The van der Waals surface area contributed by atoms with Crippen molar-refractivity contribution < 1.29 is 19.1 Å². The Bertz CT molecular complexity index is 1000. The van der Waals surface area contributed by atoms with Crippen molar-refractivity contribution in [1.29, 1.82) is 0 Å². The minimum Gasteiger partial charge on any atom is -0.454 e. The maximum Gasteiger partial charge on any atom is 0.242 e. The van der Waals surface area contributed by atoms with E-state index in [1.165, 1.54) is 0 Å². The van der Waals surface area contributed by atoms with Crippen LogP contribution in [-0.4, -0.2) is 35.6 Å². The van der Waals surface area contributed by atoms with Gasteiger partial charge in [-0.05, 0) is 56.0 Å². The highest BCUT2D eigenvalue weighted by Crippen LogP contribution is 2.33. The van der Waals surface area contributed by atoms with E-state index in [1.54, 1.807) is 30.0 Å². The van der Waals surface area contributed by atoms with Gasteiger partial charge >= 0.3 is 0 Å². The summed E-state index contributed by atoms with van der Waals surface area (Å²) in [5.41, 5.74) is 1.60. The number of nitrogens with one attached hydrogen (secondary N) is 1. The fourth-order valence-corrected chi connectivity index (χ4v) is 4.84. The molecule has 0 unspecified atom stereocenters. The van der Waals surface area contributed by atoms with Crippen molar-refractivity contribution in [2.75, 3.05) is 6.79 Å². The Morgan fingerprint density at radius 3 is 2.52 bits per heavy atom. The van der Waals surface area contributed by atoms with Crippen LogP contribution >= 0.6 is 23.2 Å². The molecule has 2 aromatic rings. The molecule has 33 heavy (non-hydrogen) atoms. The van der Waals surface area contributed by atoms with Gasteiger partial charge in [0.15, 0.2) is 11.5 Å². The van der Waals surface area contributed by atoms with E-state index >= 15 is 0 Å². The van der Waals surface area contributed by atoms with E-state index in [4.69, 9.17) is 32.7 Å². The first-order chi connectivity index (χ1) is 15.9. The molecule has 6 nitrogen and oxygen atoms in total. The number of carbonyl (C=O) groups is 2. The normalized spacial score (nSPS) is 16.0. The van der Waals surface area contributed by atoms with E-state index in [-0.39, 0.29) is 37.6 Å². The minimum absolute atomic E-state index is 0.141. The van der Waals surface area contributed by atoms with Crippen LogP contribution in [0, 0.1) is 0 Å². The number of ether oxygens (including phenoxy) is 2. The molecular formula is C25H28Cl2N2O4. The molecule has 1 saturated carbocycles. The van der Waals surface area contributed by atoms with Crippen LogP contribution in [-0.2, 0) is 22.6 Å². The van der Waals surface area contributed by atoms with Gasteiger partial charge in [0.2, 0.25) is 18.6 Å². The molecule has 1 N–H and O–H groups in total. The first kappa shape index (κ1) is 23.7. The summed E-state index contributed by atoms with van der Waals surface area (Å²) in [4.78, 5) is 27.9. The van der Waals surface area contributed by atoms with Crippen molar-refractivity contribution >= 4 is 35.0 Å². The Balaban J connectivity index is 1.49. The van der Waals surface area contributed by atoms with E-state index in [1.807, 2.05) is 18.2 Å². The van der Waals surface area contributed by atoms with E-state index in [9.17, 15) is 9.59 Å². The van der Waals surface area contributed by atoms with Gasteiger partial charge in [0.25, 0.3) is 0 Å². The maximum atomic E-state index is 13.4. The summed E-state index contributed by atoms with van der Waals surface area (Å²) in [6, 6.07) is 10.4. The van der Waals surface area contributed by atoms with E-state index in [0.29, 0.717) is 33.5 Å². The number of rotatable bonds is 8. The third-order valence-corrected chi connectivity index (χ3v) is 7.03. The third-order valence-electron chi connectivity index (χ3n) is 6.32. The predicted octanol–water partition coefficient (Wildman–Crippen LogP) is 5.13. The van der Waals surface area contributed by atoms with Gasteiger partial charge < -0.3 is 19.7 Å². The molecule has 0 bridgehead atoms. The monoisotopic (exact) mass is 490 g/mol. The van der Waals surface area contributed by atoms with Crippen molar-refractivity contribution in [1.82, 2.24) is 10.2 Å². The lowest BCUT2D eigenvalue weighted by atomic mass is 10.1. The summed E-state index contributed by atoms with van der Waals surface area (Å²) in [6.45, 7) is 2.13. The molecule has 0 radical (unpaired) electrons. The number of aryl methyl sites for hydroxylation is 1. The van der Waals surface area contributed by atoms with Gasteiger partial charge in [-0.1, -0.05) is 48.2 Å². The fraction of sp³-hybridized carbons (Fsp3) is 0.440. The van der Waals surface area contributed by atoms with Gasteiger partial charge in [-0.15, -0.1) is 0 Å². The Hall–Kier alpha value is -2.44. The molecule has 4 rings (SSSR count). The number of hydrogen-bond acceptors (Lipinski definition) is 4. The predicted molar refractivity (Wildman–Crippen MR) is 128 cm³/mol. The molecule has 8 heteroatoms. The second-order valence-corrected chi connectivity index (χ2v) is 9.39. The molecule has 2 aliphatic rings. The summed E-state index contributed by atoms with van der Waals surface area (Å²) >= 11 is 12.8. The van der Waals surface area contributed by atoms with Gasteiger partial charge in [0.05, 0.1) is 0 Å². The minimum atomic E-state index is -0.651. The fourth-order valence-electron chi connectivity index (χ4n) is 4.32. The highest BCUT2D eigenvalue weighted by atomic mass is 35.5. The zero-order chi connectivity index (χ0) is 23.4. The molecule has 2 amide bonds. The van der Waals surface area contributed by atoms with Crippen LogP contribution in [0.15, 0.2) is 36.4 Å². The number of fused-ring (bicyclic) bond motifs is 1. The highest BCUT2D eigenvalue weighted by Gasteiger charge is 2.29. The van der Waals surface area contributed by atoms with E-state index in [0.717, 1.165) is 31.2 Å². The zero-order valence-electron chi connectivity index (χ0n) is 18.6. The Morgan fingerprint density at radius 1 is 1.09 bits per heavy atom. The van der Waals surface area contributed by atoms with Crippen LogP contribution in [0.5, 0.6) is 11.5 Å². The van der Waals surface area contributed by atoms with Crippen LogP contribution in [0.1, 0.15) is 50.2 Å². The molecule has 1 aliphatic heterocycles. The second kappa shape index (κ2) is 10.7. The molecule has 1 aliphatic carbocycles. The third kappa shape index (κ3) is 5.74. The van der Waals surface area contributed by atoms with Gasteiger partial charge in [0, 0.05) is 34.6 Å². The number of amides is 2. The van der Waals surface area contributed by atoms with Gasteiger partial charge in [-0.2, -0.15) is 0 Å². The van der Waals surface area contributed by atoms with Crippen molar-refractivity contribution in [3.05, 3.63) is 57.6 Å². The molecule has 0 aromatic heterocycles. The van der Waals surface area contributed by atoms with Crippen molar-refractivity contribution in [2.24, 2.45) is 0 Å². The van der Waals surface area contributed by atoms with Crippen LogP contribution in [0.4, 0.5) is 0 Å². The number of halogens is 2. The number of hydrogen-bond donors (Lipinski definition) is 1. The van der Waals surface area contributed by atoms with E-state index < -0.39 is 6.04 Å². The molecule has 2 aromatic carbocycles. The van der Waals surface area contributed by atoms with Crippen LogP contribution in [0.2, 0.25) is 10.0 Å². The number of benzene rings is 2. The number of carbonyl (C=O) groups excluding carboxylic acids is 2. The van der Waals surface area contributed by atoms with Crippen LogP contribution in [0.3, 0.4) is 0 Å². The van der Waals surface area contributed by atoms with Gasteiger partial charge in [-0.3, -0.25) is 9.59 Å². The van der Waals surface area contributed by atoms with Crippen LogP contribution in [0.25, 0.3) is 0 Å². The summed E-state index contributed by atoms with van der Waals surface area (Å²) in [5.74, 6) is 1.10. The van der Waals surface area contributed by atoms with Crippen LogP contribution < -0.4 is 14.8 Å². The first-order valence-electron chi connectivity index (χ1n) is 11.3. The lowest BCUT2D eigenvalue weighted by molar-refractivity contribution is -0.140. The lowest BCUT2D eigenvalue weighted by Crippen LogP contribution is -2.49. The quantitative estimate of drug-likeness (QED) is 0.556. The smallest absolute Gasteiger partial charge is 0.242 e. The van der Waals surface area contributed by atoms with Crippen molar-refractivity contribution in [2.45, 2.75) is 64.1 Å². The molecule has 0 spiro atoms. The van der Waals surface area contributed by atoms with E-state index in [2.05, 4.69) is 5.32 Å². The summed E-state index contributed by atoms with van der Waals surface area (Å²) in [7, 11) is 0. The van der Waals surface area contributed by atoms with Gasteiger partial charge in [0.1, 0.15) is 6.04 Å². The zero-order valence-corrected chi connectivity index (χ0v) is 20.1. The topological polar surface area (TPSA) is 67.9 Å². The lowest BCUT2D eigenvalue weighted by Gasteiger charge is -2.30. The van der Waals surface area contributed by atoms with Gasteiger partial charge in [-0.25, -0.2) is 0 Å². The second-order valence-electron chi connectivity index (χ2n) is 8.58.